The lowest BCUT2D eigenvalue weighted by Crippen LogP contribution is -2.57. The van der Waals surface area contributed by atoms with Gasteiger partial charge in [-0.05, 0) is 57.9 Å². The maximum absolute atomic E-state index is 13.1. The first-order valence-electron chi connectivity index (χ1n) is 12.3. The first-order valence-corrected chi connectivity index (χ1v) is 12.3. The summed E-state index contributed by atoms with van der Waals surface area (Å²) in [6.45, 7) is 9.62. The number of hydrogen-bond acceptors (Lipinski definition) is 6. The Kier molecular flexibility index (Phi) is 6.35. The van der Waals surface area contributed by atoms with E-state index in [4.69, 9.17) is 9.84 Å². The largest absolute Gasteiger partial charge is 0.444 e. The molecule has 1 unspecified atom stereocenters. The van der Waals surface area contributed by atoms with E-state index in [0.29, 0.717) is 31.1 Å². The number of carbonyl (C=O) groups is 1. The van der Waals surface area contributed by atoms with E-state index in [9.17, 15) is 4.79 Å². The van der Waals surface area contributed by atoms with Crippen molar-refractivity contribution >= 4 is 17.6 Å². The maximum atomic E-state index is 13.1. The van der Waals surface area contributed by atoms with E-state index in [2.05, 4.69) is 46.3 Å². The number of piperazine rings is 1. The number of rotatable bonds is 4. The van der Waals surface area contributed by atoms with Crippen LogP contribution in [-0.2, 0) is 11.2 Å². The first-order chi connectivity index (χ1) is 17.3. The Morgan fingerprint density at radius 2 is 1.81 bits per heavy atom. The zero-order valence-electron chi connectivity index (χ0n) is 21.3. The molecule has 1 aliphatic rings. The standard InChI is InChI=1S/C28H32N6O2/c1-20-9-8-12-22(17-20)26-30-29-24-13-14-25(31-34(24)26)32-15-16-33(27(35)36-28(2,3)4)23(19-32)18-21-10-6-5-7-11-21/h5-14,17,23H,15-16,18-19H2,1-4H3. The van der Waals surface area contributed by atoms with Gasteiger partial charge in [-0.3, -0.25) is 0 Å². The van der Waals surface area contributed by atoms with Crippen molar-refractivity contribution in [1.29, 1.82) is 0 Å². The van der Waals surface area contributed by atoms with Crippen LogP contribution >= 0.6 is 0 Å². The minimum Gasteiger partial charge on any atom is -0.444 e. The van der Waals surface area contributed by atoms with Gasteiger partial charge in [-0.15, -0.1) is 15.3 Å². The van der Waals surface area contributed by atoms with Crippen molar-refractivity contribution in [2.75, 3.05) is 24.5 Å². The third-order valence-corrected chi connectivity index (χ3v) is 6.27. The molecule has 0 N–H and O–H groups in total. The van der Waals surface area contributed by atoms with Crippen molar-refractivity contribution < 1.29 is 9.53 Å². The van der Waals surface area contributed by atoms with Crippen LogP contribution in [-0.4, -0.2) is 62.1 Å². The average Bonchev–Trinajstić information content (AvgIpc) is 3.27. The summed E-state index contributed by atoms with van der Waals surface area (Å²) in [5, 5.41) is 13.6. The SMILES string of the molecule is Cc1cccc(-c2nnc3ccc(N4CCN(C(=O)OC(C)(C)C)C(Cc5ccccc5)C4)nn23)c1. The molecule has 1 aliphatic heterocycles. The third-order valence-electron chi connectivity index (χ3n) is 6.27. The molecule has 1 amide bonds. The minimum absolute atomic E-state index is 0.0503. The Labute approximate surface area is 211 Å². The molecule has 2 aromatic carbocycles. The van der Waals surface area contributed by atoms with Crippen molar-refractivity contribution in [2.45, 2.75) is 45.8 Å². The second kappa shape index (κ2) is 9.60. The van der Waals surface area contributed by atoms with Crippen LogP contribution in [0.2, 0.25) is 0 Å². The van der Waals surface area contributed by atoms with Gasteiger partial charge in [0.2, 0.25) is 0 Å². The summed E-state index contributed by atoms with van der Waals surface area (Å²) in [7, 11) is 0. The monoisotopic (exact) mass is 484 g/mol. The summed E-state index contributed by atoms with van der Waals surface area (Å²) in [6.07, 6.45) is 0.465. The molecular weight excluding hydrogens is 452 g/mol. The lowest BCUT2D eigenvalue weighted by molar-refractivity contribution is 0.0140. The molecule has 5 rings (SSSR count). The van der Waals surface area contributed by atoms with Crippen molar-refractivity contribution in [1.82, 2.24) is 24.7 Å². The molecule has 1 atom stereocenters. The number of benzene rings is 2. The molecule has 36 heavy (non-hydrogen) atoms. The van der Waals surface area contributed by atoms with Crippen molar-refractivity contribution in [2.24, 2.45) is 0 Å². The topological polar surface area (TPSA) is 75.9 Å². The van der Waals surface area contributed by atoms with Gasteiger partial charge in [-0.25, -0.2) is 4.79 Å². The number of aryl methyl sites for hydroxylation is 1. The molecule has 1 fully saturated rings. The maximum Gasteiger partial charge on any atom is 0.410 e. The summed E-state index contributed by atoms with van der Waals surface area (Å²) in [5.74, 6) is 1.54. The Morgan fingerprint density at radius 1 is 1.00 bits per heavy atom. The lowest BCUT2D eigenvalue weighted by Gasteiger charge is -2.42. The molecule has 0 bridgehead atoms. The normalized spacial score (nSPS) is 16.4. The van der Waals surface area contributed by atoms with Crippen molar-refractivity contribution in [3.63, 3.8) is 0 Å². The lowest BCUT2D eigenvalue weighted by atomic mass is 10.0. The summed E-state index contributed by atoms with van der Waals surface area (Å²) < 4.78 is 7.54. The number of anilines is 1. The molecule has 3 heterocycles. The molecule has 1 saturated heterocycles. The van der Waals surface area contributed by atoms with Gasteiger partial charge in [0.05, 0.1) is 6.04 Å². The molecule has 0 saturated carbocycles. The Balaban J connectivity index is 1.44. The molecule has 0 radical (unpaired) electrons. The smallest absolute Gasteiger partial charge is 0.410 e. The molecule has 8 nitrogen and oxygen atoms in total. The molecular formula is C28H32N6O2. The number of amides is 1. The number of ether oxygens (including phenoxy) is 1. The number of hydrogen-bond donors (Lipinski definition) is 0. The fourth-order valence-electron chi connectivity index (χ4n) is 4.60. The quantitative estimate of drug-likeness (QED) is 0.415. The summed E-state index contributed by atoms with van der Waals surface area (Å²) in [6, 6.07) is 22.3. The predicted octanol–water partition coefficient (Wildman–Crippen LogP) is 4.77. The van der Waals surface area contributed by atoms with Gasteiger partial charge < -0.3 is 14.5 Å². The van der Waals surface area contributed by atoms with E-state index >= 15 is 0 Å². The highest BCUT2D eigenvalue weighted by Gasteiger charge is 2.34. The van der Waals surface area contributed by atoms with Gasteiger partial charge >= 0.3 is 6.09 Å². The average molecular weight is 485 g/mol. The molecule has 8 heteroatoms. The van der Waals surface area contributed by atoms with E-state index in [1.54, 1.807) is 4.52 Å². The zero-order valence-corrected chi connectivity index (χ0v) is 21.3. The third kappa shape index (κ3) is 5.17. The molecule has 186 valence electrons. The van der Waals surface area contributed by atoms with E-state index in [1.807, 2.05) is 68.1 Å². The fourth-order valence-corrected chi connectivity index (χ4v) is 4.60. The molecule has 2 aromatic heterocycles. The van der Waals surface area contributed by atoms with Crippen LogP contribution < -0.4 is 4.90 Å². The second-order valence-electron chi connectivity index (χ2n) is 10.3. The highest BCUT2D eigenvalue weighted by atomic mass is 16.6. The van der Waals surface area contributed by atoms with Crippen LogP contribution in [0.4, 0.5) is 10.6 Å². The Bertz CT molecular complexity index is 1360. The van der Waals surface area contributed by atoms with Crippen LogP contribution in [0.3, 0.4) is 0 Å². The number of fused-ring (bicyclic) bond motifs is 1. The second-order valence-corrected chi connectivity index (χ2v) is 10.3. The van der Waals surface area contributed by atoms with E-state index in [0.717, 1.165) is 23.4 Å². The van der Waals surface area contributed by atoms with Crippen molar-refractivity contribution in [3.8, 4) is 11.4 Å². The zero-order chi connectivity index (χ0) is 25.3. The Morgan fingerprint density at radius 3 is 2.56 bits per heavy atom. The molecule has 4 aromatic rings. The van der Waals surface area contributed by atoms with Crippen LogP contribution in [0.25, 0.3) is 17.0 Å². The highest BCUT2D eigenvalue weighted by Crippen LogP contribution is 2.24. The van der Waals surface area contributed by atoms with Gasteiger partial charge in [0.15, 0.2) is 11.5 Å². The van der Waals surface area contributed by atoms with E-state index in [-0.39, 0.29) is 12.1 Å². The first kappa shape index (κ1) is 23.8. The van der Waals surface area contributed by atoms with Gasteiger partial charge in [0.1, 0.15) is 11.4 Å². The van der Waals surface area contributed by atoms with Crippen LogP contribution in [0, 0.1) is 6.92 Å². The van der Waals surface area contributed by atoms with E-state index < -0.39 is 5.60 Å². The van der Waals surface area contributed by atoms with Crippen LogP contribution in [0.1, 0.15) is 31.9 Å². The molecule has 0 aliphatic carbocycles. The minimum atomic E-state index is -0.543. The van der Waals surface area contributed by atoms with Crippen LogP contribution in [0.15, 0.2) is 66.7 Å². The van der Waals surface area contributed by atoms with Gasteiger partial charge in [0.25, 0.3) is 0 Å². The van der Waals surface area contributed by atoms with Crippen molar-refractivity contribution in [3.05, 3.63) is 77.9 Å². The highest BCUT2D eigenvalue weighted by molar-refractivity contribution is 5.69. The number of aromatic nitrogens is 4. The van der Waals surface area contributed by atoms with Gasteiger partial charge in [0, 0.05) is 25.2 Å². The Hall–Kier alpha value is -3.94. The molecule has 0 spiro atoms. The number of nitrogens with zero attached hydrogens (tertiary/aromatic N) is 6. The fraction of sp³-hybridized carbons (Fsp3) is 0.357. The van der Waals surface area contributed by atoms with Crippen LogP contribution in [0.5, 0.6) is 0 Å². The van der Waals surface area contributed by atoms with Gasteiger partial charge in [-0.1, -0.05) is 54.1 Å². The summed E-state index contributed by atoms with van der Waals surface area (Å²) in [4.78, 5) is 17.2. The predicted molar refractivity (Wildman–Crippen MR) is 140 cm³/mol. The summed E-state index contributed by atoms with van der Waals surface area (Å²) in [5.41, 5.74) is 3.47. The van der Waals surface area contributed by atoms with Gasteiger partial charge in [-0.2, -0.15) is 4.52 Å². The number of carbonyl (C=O) groups excluding carboxylic acids is 1. The van der Waals surface area contributed by atoms with E-state index in [1.165, 1.54) is 5.56 Å². The summed E-state index contributed by atoms with van der Waals surface area (Å²) >= 11 is 0.